The van der Waals surface area contributed by atoms with Gasteiger partial charge in [0.2, 0.25) is 5.91 Å². The lowest BCUT2D eigenvalue weighted by atomic mass is 10.1. The molecule has 3 rings (SSSR count). The van der Waals surface area contributed by atoms with E-state index in [0.29, 0.717) is 6.42 Å². The van der Waals surface area contributed by atoms with E-state index in [2.05, 4.69) is 24.9 Å². The summed E-state index contributed by atoms with van der Waals surface area (Å²) in [6, 6.07) is 5.88. The van der Waals surface area contributed by atoms with E-state index in [0.717, 1.165) is 10.8 Å². The average molecular weight is 408 g/mol. The monoisotopic (exact) mass is 407 g/mol. The van der Waals surface area contributed by atoms with Crippen molar-refractivity contribution in [1.29, 1.82) is 0 Å². The normalized spacial score (nSPS) is 19.8. The molecule has 1 aliphatic heterocycles. The van der Waals surface area contributed by atoms with Crippen molar-refractivity contribution in [2.75, 3.05) is 18.6 Å². The molecule has 8 heteroatoms. The molecule has 0 N–H and O–H groups in total. The first-order chi connectivity index (χ1) is 12.7. The maximum Gasteiger partial charge on any atom is 0.235 e. The number of carbonyl (C=O) groups is 1. The molecule has 2 aromatic rings. The zero-order chi connectivity index (χ0) is 19.8. The summed E-state index contributed by atoms with van der Waals surface area (Å²) in [5.74, 6) is 0.148. The van der Waals surface area contributed by atoms with Crippen LogP contribution in [0.1, 0.15) is 24.5 Å². The average Bonchev–Trinajstić information content (AvgIpc) is 3.22. The Morgan fingerprint density at radius 2 is 2.11 bits per heavy atom. The maximum atomic E-state index is 12.8. The highest BCUT2D eigenvalue weighted by Crippen LogP contribution is 2.28. The van der Waals surface area contributed by atoms with Crippen LogP contribution in [0.25, 0.3) is 5.69 Å². The molecule has 2 unspecified atom stereocenters. The van der Waals surface area contributed by atoms with E-state index in [-0.39, 0.29) is 28.7 Å². The minimum atomic E-state index is -3.02. The molecule has 1 aromatic carbocycles. The van der Waals surface area contributed by atoms with Gasteiger partial charge in [-0.25, -0.2) is 13.4 Å². The second-order valence-corrected chi connectivity index (χ2v) is 10.6. The summed E-state index contributed by atoms with van der Waals surface area (Å²) in [4.78, 5) is 18.8. The minimum Gasteiger partial charge on any atom is -0.341 e. The van der Waals surface area contributed by atoms with Crippen LogP contribution in [0.4, 0.5) is 0 Å². The van der Waals surface area contributed by atoms with E-state index in [1.54, 1.807) is 18.1 Å². The van der Waals surface area contributed by atoms with Gasteiger partial charge in [-0.3, -0.25) is 9.36 Å². The van der Waals surface area contributed by atoms with Crippen molar-refractivity contribution in [3.63, 3.8) is 0 Å². The van der Waals surface area contributed by atoms with Gasteiger partial charge in [0.25, 0.3) is 0 Å². The SMILES string of the molecule is Cc1cccc(-n2ccnc2SC(C)C(=O)N(C)C2CCS(=O)(=O)C2)c1C. The van der Waals surface area contributed by atoms with Gasteiger partial charge in [-0.15, -0.1) is 0 Å². The van der Waals surface area contributed by atoms with Crippen LogP contribution in [-0.2, 0) is 14.6 Å². The Balaban J connectivity index is 1.75. The summed E-state index contributed by atoms with van der Waals surface area (Å²) in [5.41, 5.74) is 3.41. The molecule has 0 radical (unpaired) electrons. The van der Waals surface area contributed by atoms with Gasteiger partial charge in [0.1, 0.15) is 0 Å². The molecule has 1 aliphatic rings. The molecule has 6 nitrogen and oxygen atoms in total. The topological polar surface area (TPSA) is 72.3 Å². The number of amides is 1. The Hall–Kier alpha value is -1.80. The van der Waals surface area contributed by atoms with Crippen LogP contribution in [0, 0.1) is 13.8 Å². The molecule has 1 saturated heterocycles. The number of carbonyl (C=O) groups excluding carboxylic acids is 1. The zero-order valence-electron chi connectivity index (χ0n) is 16.0. The number of nitrogens with zero attached hydrogens (tertiary/aromatic N) is 3. The van der Waals surface area contributed by atoms with Crippen LogP contribution in [0.2, 0.25) is 0 Å². The molecule has 27 heavy (non-hydrogen) atoms. The maximum absolute atomic E-state index is 12.8. The van der Waals surface area contributed by atoms with Gasteiger partial charge in [-0.1, -0.05) is 23.9 Å². The fourth-order valence-corrected chi connectivity index (χ4v) is 6.07. The van der Waals surface area contributed by atoms with Crippen LogP contribution >= 0.6 is 11.8 Å². The predicted molar refractivity (Wildman–Crippen MR) is 108 cm³/mol. The first-order valence-electron chi connectivity index (χ1n) is 8.93. The van der Waals surface area contributed by atoms with Crippen molar-refractivity contribution in [1.82, 2.24) is 14.5 Å². The fraction of sp³-hybridized carbons (Fsp3) is 0.474. The lowest BCUT2D eigenvalue weighted by Gasteiger charge is -2.26. The van der Waals surface area contributed by atoms with Crippen LogP contribution < -0.4 is 0 Å². The zero-order valence-corrected chi connectivity index (χ0v) is 17.7. The van der Waals surface area contributed by atoms with E-state index in [9.17, 15) is 13.2 Å². The Kier molecular flexibility index (Phi) is 5.67. The second-order valence-electron chi connectivity index (χ2n) is 7.06. The summed E-state index contributed by atoms with van der Waals surface area (Å²) in [6.07, 6.45) is 4.14. The number of hydrogen-bond donors (Lipinski definition) is 0. The fourth-order valence-electron chi connectivity index (χ4n) is 3.31. The van der Waals surface area contributed by atoms with Crippen LogP contribution in [0.15, 0.2) is 35.7 Å². The van der Waals surface area contributed by atoms with Crippen molar-refractivity contribution < 1.29 is 13.2 Å². The molecular weight excluding hydrogens is 382 g/mol. The van der Waals surface area contributed by atoms with Crippen LogP contribution in [0.3, 0.4) is 0 Å². The van der Waals surface area contributed by atoms with E-state index in [1.165, 1.54) is 22.9 Å². The number of aryl methyl sites for hydroxylation is 1. The molecule has 0 bridgehead atoms. The standard InChI is InChI=1S/C19H25N3O3S2/c1-13-6-5-7-17(14(13)2)22-10-9-20-19(22)26-15(3)18(23)21(4)16-8-11-27(24,25)12-16/h5-7,9-10,15-16H,8,11-12H2,1-4H3. The molecule has 0 aliphatic carbocycles. The lowest BCUT2D eigenvalue weighted by molar-refractivity contribution is -0.130. The highest BCUT2D eigenvalue weighted by Gasteiger charge is 2.34. The third kappa shape index (κ3) is 4.21. The van der Waals surface area contributed by atoms with Crippen LogP contribution in [0.5, 0.6) is 0 Å². The van der Waals surface area contributed by atoms with Gasteiger partial charge in [0, 0.05) is 25.5 Å². The number of benzene rings is 1. The van der Waals surface area contributed by atoms with E-state index >= 15 is 0 Å². The molecule has 1 aromatic heterocycles. The van der Waals surface area contributed by atoms with Crippen LogP contribution in [-0.4, -0.2) is 58.6 Å². The summed E-state index contributed by atoms with van der Waals surface area (Å²) < 4.78 is 25.4. The molecule has 0 spiro atoms. The molecular formula is C19H25N3O3S2. The Bertz CT molecular complexity index is 953. The molecule has 0 saturated carbocycles. The Morgan fingerprint density at radius 3 is 2.78 bits per heavy atom. The lowest BCUT2D eigenvalue weighted by Crippen LogP contribution is -2.41. The van der Waals surface area contributed by atoms with Crippen molar-refractivity contribution >= 4 is 27.5 Å². The number of imidazole rings is 1. The van der Waals surface area contributed by atoms with Gasteiger partial charge in [0.05, 0.1) is 22.4 Å². The van der Waals surface area contributed by atoms with E-state index in [4.69, 9.17) is 0 Å². The van der Waals surface area contributed by atoms with Gasteiger partial charge in [0.15, 0.2) is 15.0 Å². The summed E-state index contributed by atoms with van der Waals surface area (Å²) in [7, 11) is -1.32. The van der Waals surface area contributed by atoms with E-state index < -0.39 is 9.84 Å². The summed E-state index contributed by atoms with van der Waals surface area (Å²) in [6.45, 7) is 5.98. The third-order valence-electron chi connectivity index (χ3n) is 5.18. The molecule has 2 heterocycles. The van der Waals surface area contributed by atoms with Crippen molar-refractivity contribution in [3.8, 4) is 5.69 Å². The molecule has 2 atom stereocenters. The van der Waals surface area contributed by atoms with Gasteiger partial charge < -0.3 is 4.90 Å². The largest absolute Gasteiger partial charge is 0.341 e. The molecule has 1 amide bonds. The van der Waals surface area contributed by atoms with E-state index in [1.807, 2.05) is 29.8 Å². The quantitative estimate of drug-likeness (QED) is 0.713. The number of aromatic nitrogens is 2. The smallest absolute Gasteiger partial charge is 0.235 e. The first kappa shape index (κ1) is 19.9. The number of thioether (sulfide) groups is 1. The first-order valence-corrected chi connectivity index (χ1v) is 11.6. The number of sulfone groups is 1. The van der Waals surface area contributed by atoms with Crippen molar-refractivity contribution in [3.05, 3.63) is 41.7 Å². The Morgan fingerprint density at radius 1 is 1.37 bits per heavy atom. The second kappa shape index (κ2) is 7.67. The molecule has 1 fully saturated rings. The van der Waals surface area contributed by atoms with Gasteiger partial charge in [-0.05, 0) is 44.4 Å². The summed E-state index contributed by atoms with van der Waals surface area (Å²) in [5, 5.41) is 0.390. The summed E-state index contributed by atoms with van der Waals surface area (Å²) >= 11 is 1.39. The number of rotatable bonds is 5. The van der Waals surface area contributed by atoms with Crippen molar-refractivity contribution in [2.24, 2.45) is 0 Å². The van der Waals surface area contributed by atoms with Gasteiger partial charge >= 0.3 is 0 Å². The minimum absolute atomic E-state index is 0.0593. The highest BCUT2D eigenvalue weighted by atomic mass is 32.2. The Labute approximate surface area is 164 Å². The van der Waals surface area contributed by atoms with Crippen molar-refractivity contribution in [2.45, 2.75) is 43.6 Å². The molecule has 146 valence electrons. The third-order valence-corrected chi connectivity index (χ3v) is 7.99. The predicted octanol–water partition coefficient (Wildman–Crippen LogP) is 2.62. The number of hydrogen-bond acceptors (Lipinski definition) is 5. The highest BCUT2D eigenvalue weighted by molar-refractivity contribution is 8.00. The van der Waals surface area contributed by atoms with Gasteiger partial charge in [-0.2, -0.15) is 0 Å².